The molecule has 0 aromatic carbocycles. The van der Waals surface area contributed by atoms with Gasteiger partial charge in [0, 0.05) is 40.8 Å². The predicted molar refractivity (Wildman–Crippen MR) is 93.9 cm³/mol. The molecule has 0 aliphatic rings. The third-order valence-corrected chi connectivity index (χ3v) is 5.64. The zero-order valence-corrected chi connectivity index (χ0v) is 15.3. The normalized spacial score (nSPS) is 13.7. The highest BCUT2D eigenvalue weighted by Crippen LogP contribution is 2.26. The molecule has 0 fully saturated rings. The summed E-state index contributed by atoms with van der Waals surface area (Å²) < 4.78 is 0. The first-order valence-electron chi connectivity index (χ1n) is 7.36. The van der Waals surface area contributed by atoms with E-state index < -0.39 is 0 Å². The van der Waals surface area contributed by atoms with Crippen LogP contribution in [0.3, 0.4) is 0 Å². The summed E-state index contributed by atoms with van der Waals surface area (Å²) in [6, 6.07) is 2.14. The Balaban J connectivity index is 1.92. The van der Waals surface area contributed by atoms with E-state index in [9.17, 15) is 4.79 Å². The van der Waals surface area contributed by atoms with Crippen LogP contribution in [0.4, 0.5) is 4.79 Å². The Morgan fingerprint density at radius 1 is 1.41 bits per heavy atom. The molecule has 0 saturated heterocycles. The molecule has 0 bridgehead atoms. The van der Waals surface area contributed by atoms with E-state index in [4.69, 9.17) is 0 Å². The van der Waals surface area contributed by atoms with E-state index in [0.29, 0.717) is 6.54 Å². The standard InChI is InChI=1S/C16H23N3OS2/c1-10(15-17-6-7-21-15)9-19(5)16(20)18-12(3)14-8-11(2)22-13(14)4/h6-8,10,12H,9H2,1-5H3,(H,18,20)/t10-,12-/m0/s1. The fourth-order valence-corrected chi connectivity index (χ4v) is 4.22. The van der Waals surface area contributed by atoms with E-state index in [2.05, 4.69) is 37.1 Å². The first kappa shape index (κ1) is 17.0. The van der Waals surface area contributed by atoms with Gasteiger partial charge in [-0.1, -0.05) is 6.92 Å². The number of rotatable bonds is 5. The molecule has 0 spiro atoms. The van der Waals surface area contributed by atoms with Crippen molar-refractivity contribution in [2.24, 2.45) is 0 Å². The number of nitrogens with zero attached hydrogens (tertiary/aromatic N) is 2. The molecule has 120 valence electrons. The Morgan fingerprint density at radius 3 is 2.68 bits per heavy atom. The third-order valence-electron chi connectivity index (χ3n) is 3.65. The molecule has 2 heterocycles. The molecule has 6 heteroatoms. The molecule has 4 nitrogen and oxygen atoms in total. The Morgan fingerprint density at radius 2 is 2.14 bits per heavy atom. The summed E-state index contributed by atoms with van der Waals surface area (Å²) >= 11 is 3.40. The van der Waals surface area contributed by atoms with Gasteiger partial charge >= 0.3 is 6.03 Å². The molecule has 2 rings (SSSR count). The van der Waals surface area contributed by atoms with Crippen LogP contribution in [0, 0.1) is 13.8 Å². The number of hydrogen-bond acceptors (Lipinski definition) is 4. The van der Waals surface area contributed by atoms with Crippen molar-refractivity contribution >= 4 is 28.7 Å². The Labute approximate surface area is 140 Å². The fraction of sp³-hybridized carbons (Fsp3) is 0.500. The maximum atomic E-state index is 12.4. The second-order valence-corrected chi connectivity index (χ2v) is 8.08. The van der Waals surface area contributed by atoms with E-state index in [1.807, 2.05) is 19.4 Å². The highest BCUT2D eigenvalue weighted by molar-refractivity contribution is 7.12. The lowest BCUT2D eigenvalue weighted by atomic mass is 10.1. The van der Waals surface area contributed by atoms with E-state index in [-0.39, 0.29) is 18.0 Å². The second kappa shape index (κ2) is 7.24. The van der Waals surface area contributed by atoms with Gasteiger partial charge in [-0.25, -0.2) is 9.78 Å². The summed E-state index contributed by atoms with van der Waals surface area (Å²) in [4.78, 5) is 20.9. The minimum absolute atomic E-state index is 0.0232. The lowest BCUT2D eigenvalue weighted by Crippen LogP contribution is -2.40. The zero-order valence-electron chi connectivity index (χ0n) is 13.7. The zero-order chi connectivity index (χ0) is 16.3. The van der Waals surface area contributed by atoms with E-state index in [1.165, 1.54) is 15.3 Å². The van der Waals surface area contributed by atoms with Crippen molar-refractivity contribution in [1.82, 2.24) is 15.2 Å². The molecule has 2 aromatic heterocycles. The van der Waals surface area contributed by atoms with Crippen molar-refractivity contribution in [2.75, 3.05) is 13.6 Å². The summed E-state index contributed by atoms with van der Waals surface area (Å²) in [5.41, 5.74) is 1.21. The number of hydrogen-bond donors (Lipinski definition) is 1. The summed E-state index contributed by atoms with van der Waals surface area (Å²) in [5, 5.41) is 6.11. The van der Waals surface area contributed by atoms with Crippen molar-refractivity contribution in [3.8, 4) is 0 Å². The number of amides is 2. The lowest BCUT2D eigenvalue weighted by Gasteiger charge is -2.23. The minimum Gasteiger partial charge on any atom is -0.331 e. The van der Waals surface area contributed by atoms with Crippen molar-refractivity contribution in [3.63, 3.8) is 0 Å². The first-order valence-corrected chi connectivity index (χ1v) is 9.06. The largest absolute Gasteiger partial charge is 0.331 e. The lowest BCUT2D eigenvalue weighted by molar-refractivity contribution is 0.203. The molecule has 22 heavy (non-hydrogen) atoms. The molecule has 2 aromatic rings. The molecule has 2 amide bonds. The molecule has 0 unspecified atom stereocenters. The molecule has 0 aliphatic heterocycles. The summed E-state index contributed by atoms with van der Waals surface area (Å²) in [7, 11) is 1.83. The van der Waals surface area contributed by atoms with Gasteiger partial charge in [-0.15, -0.1) is 22.7 Å². The van der Waals surface area contributed by atoms with Gasteiger partial charge in [0.25, 0.3) is 0 Å². The fourth-order valence-electron chi connectivity index (χ4n) is 2.50. The van der Waals surface area contributed by atoms with Crippen LogP contribution in [-0.2, 0) is 0 Å². The molecule has 1 N–H and O–H groups in total. The number of urea groups is 1. The highest BCUT2D eigenvalue weighted by Gasteiger charge is 2.19. The summed E-state index contributed by atoms with van der Waals surface area (Å²) in [5.74, 6) is 0.246. The molecular weight excluding hydrogens is 314 g/mol. The van der Waals surface area contributed by atoms with E-state index in [0.717, 1.165) is 5.01 Å². The van der Waals surface area contributed by atoms with Crippen LogP contribution in [0.1, 0.15) is 46.1 Å². The first-order chi connectivity index (χ1) is 10.4. The van der Waals surface area contributed by atoms with Gasteiger partial charge in [0.15, 0.2) is 0 Å². The number of thiazole rings is 1. The van der Waals surface area contributed by atoms with Gasteiger partial charge in [0.1, 0.15) is 0 Å². The number of carbonyl (C=O) groups excluding carboxylic acids is 1. The van der Waals surface area contributed by atoms with Crippen LogP contribution < -0.4 is 5.32 Å². The predicted octanol–water partition coefficient (Wildman–Crippen LogP) is 4.33. The van der Waals surface area contributed by atoms with E-state index in [1.54, 1.807) is 33.8 Å². The number of likely N-dealkylation sites (N-methyl/N-ethyl adjacent to an activating group) is 1. The Hall–Kier alpha value is -1.40. The second-order valence-electron chi connectivity index (χ2n) is 5.69. The minimum atomic E-state index is -0.0424. The monoisotopic (exact) mass is 337 g/mol. The van der Waals surface area contributed by atoms with Gasteiger partial charge in [-0.05, 0) is 32.4 Å². The van der Waals surface area contributed by atoms with Crippen LogP contribution in [0.5, 0.6) is 0 Å². The van der Waals surface area contributed by atoms with Crippen molar-refractivity contribution in [2.45, 2.75) is 39.7 Å². The van der Waals surface area contributed by atoms with Gasteiger partial charge in [0.2, 0.25) is 0 Å². The highest BCUT2D eigenvalue weighted by atomic mass is 32.1. The van der Waals surface area contributed by atoms with Crippen molar-refractivity contribution < 1.29 is 4.79 Å². The van der Waals surface area contributed by atoms with Crippen molar-refractivity contribution in [3.05, 3.63) is 38.0 Å². The van der Waals surface area contributed by atoms with Crippen LogP contribution in [-0.4, -0.2) is 29.5 Å². The maximum absolute atomic E-state index is 12.4. The Kier molecular flexibility index (Phi) is 5.58. The average molecular weight is 338 g/mol. The Bertz CT molecular complexity index is 621. The smallest absolute Gasteiger partial charge is 0.317 e. The molecule has 0 aliphatic carbocycles. The number of carbonyl (C=O) groups is 1. The summed E-state index contributed by atoms with van der Waals surface area (Å²) in [6.45, 7) is 8.98. The number of nitrogens with one attached hydrogen (secondary N) is 1. The molecule has 0 radical (unpaired) electrons. The number of aryl methyl sites for hydroxylation is 2. The van der Waals surface area contributed by atoms with Crippen LogP contribution in [0.2, 0.25) is 0 Å². The quantitative estimate of drug-likeness (QED) is 0.883. The maximum Gasteiger partial charge on any atom is 0.317 e. The van der Waals surface area contributed by atoms with Crippen LogP contribution in [0.25, 0.3) is 0 Å². The molecule has 2 atom stereocenters. The van der Waals surface area contributed by atoms with E-state index >= 15 is 0 Å². The summed E-state index contributed by atoms with van der Waals surface area (Å²) in [6.07, 6.45) is 1.81. The van der Waals surface area contributed by atoms with Gasteiger partial charge in [-0.2, -0.15) is 0 Å². The van der Waals surface area contributed by atoms with Crippen LogP contribution >= 0.6 is 22.7 Å². The average Bonchev–Trinajstić information content (AvgIpc) is 3.08. The van der Waals surface area contributed by atoms with Gasteiger partial charge in [0.05, 0.1) is 11.0 Å². The van der Waals surface area contributed by atoms with Gasteiger partial charge in [-0.3, -0.25) is 0 Å². The third kappa shape index (κ3) is 4.08. The van der Waals surface area contributed by atoms with Gasteiger partial charge < -0.3 is 10.2 Å². The van der Waals surface area contributed by atoms with Crippen LogP contribution in [0.15, 0.2) is 17.6 Å². The molecular formula is C16H23N3OS2. The SMILES string of the molecule is Cc1cc([C@H](C)NC(=O)N(C)C[C@H](C)c2nccs2)c(C)s1. The van der Waals surface area contributed by atoms with Crippen molar-refractivity contribution in [1.29, 1.82) is 0 Å². The number of aromatic nitrogens is 1. The number of thiophene rings is 1. The molecule has 0 saturated carbocycles. The topological polar surface area (TPSA) is 45.2 Å².